The Morgan fingerprint density at radius 1 is 1.11 bits per heavy atom. The molecular weight excluding hydrogens is 354 g/mol. The van der Waals surface area contributed by atoms with Gasteiger partial charge in [0, 0.05) is 56.0 Å². The maximum absolute atomic E-state index is 4.90. The zero-order valence-electron chi connectivity index (χ0n) is 17.4. The molecule has 1 atom stereocenters. The second-order valence-electron chi connectivity index (χ2n) is 7.46. The van der Waals surface area contributed by atoms with E-state index in [1.54, 1.807) is 0 Å². The quantitative estimate of drug-likeness (QED) is 0.293. The Kier molecular flexibility index (Phi) is 10.0. The van der Waals surface area contributed by atoms with Crippen LogP contribution in [0, 0.1) is 5.92 Å². The summed E-state index contributed by atoms with van der Waals surface area (Å²) in [6, 6.07) is 11.1. The van der Waals surface area contributed by atoms with Gasteiger partial charge < -0.3 is 15.5 Å². The summed E-state index contributed by atoms with van der Waals surface area (Å²) in [6.45, 7) is 14.0. The van der Waals surface area contributed by atoms with Crippen LogP contribution in [0.15, 0.2) is 40.2 Å². The molecule has 2 rings (SSSR count). The van der Waals surface area contributed by atoms with Crippen molar-refractivity contribution in [2.24, 2.45) is 10.9 Å². The van der Waals surface area contributed by atoms with E-state index in [0.717, 1.165) is 57.5 Å². The lowest BCUT2D eigenvalue weighted by Crippen LogP contribution is -2.52. The third kappa shape index (κ3) is 8.11. The van der Waals surface area contributed by atoms with Gasteiger partial charge in [-0.3, -0.25) is 9.89 Å². The average Bonchev–Trinajstić information content (AvgIpc) is 2.67. The topological polar surface area (TPSA) is 42.9 Å². The summed E-state index contributed by atoms with van der Waals surface area (Å²) in [7, 11) is 2.21. The number of hydrogen-bond donors (Lipinski definition) is 2. The molecule has 0 aliphatic carbocycles. The molecule has 1 unspecified atom stereocenters. The van der Waals surface area contributed by atoms with Crippen molar-refractivity contribution in [3.05, 3.63) is 30.3 Å². The summed E-state index contributed by atoms with van der Waals surface area (Å²) < 4.78 is 0. The van der Waals surface area contributed by atoms with Gasteiger partial charge in [0.2, 0.25) is 0 Å². The lowest BCUT2D eigenvalue weighted by Gasteiger charge is -2.39. The molecule has 0 aromatic heterocycles. The van der Waals surface area contributed by atoms with Gasteiger partial charge in [-0.05, 0) is 32.0 Å². The summed E-state index contributed by atoms with van der Waals surface area (Å²) in [6.07, 6.45) is 0. The molecule has 0 bridgehead atoms. The highest BCUT2D eigenvalue weighted by Crippen LogP contribution is 2.16. The van der Waals surface area contributed by atoms with Gasteiger partial charge in [-0.1, -0.05) is 32.0 Å². The number of nitrogens with zero attached hydrogens (tertiary/aromatic N) is 3. The standard InChI is InChI=1S/C21H37N5S/c1-5-22-21(23-11-16-27-19-9-7-6-8-10-19)24-17-20(18(2)3)26-14-12-25(4)13-15-26/h6-10,18,20H,5,11-17H2,1-4H3,(H2,22,23,24). The fourth-order valence-corrected chi connectivity index (χ4v) is 4.07. The lowest BCUT2D eigenvalue weighted by molar-refractivity contribution is 0.0925. The van der Waals surface area contributed by atoms with Crippen LogP contribution in [-0.4, -0.2) is 80.4 Å². The van der Waals surface area contributed by atoms with Crippen LogP contribution < -0.4 is 10.6 Å². The maximum Gasteiger partial charge on any atom is 0.191 e. The van der Waals surface area contributed by atoms with Crippen molar-refractivity contribution in [2.45, 2.75) is 31.7 Å². The molecule has 2 N–H and O–H groups in total. The fraction of sp³-hybridized carbons (Fsp3) is 0.667. The van der Waals surface area contributed by atoms with Crippen molar-refractivity contribution >= 4 is 17.7 Å². The molecule has 0 amide bonds. The van der Waals surface area contributed by atoms with Gasteiger partial charge in [0.05, 0.1) is 6.54 Å². The van der Waals surface area contributed by atoms with Crippen molar-refractivity contribution in [1.82, 2.24) is 20.4 Å². The second kappa shape index (κ2) is 12.3. The van der Waals surface area contributed by atoms with Gasteiger partial charge in [-0.2, -0.15) is 0 Å². The van der Waals surface area contributed by atoms with Crippen LogP contribution in [0.25, 0.3) is 0 Å². The SMILES string of the molecule is CCNC(=NCC(C(C)C)N1CCN(C)CC1)NCCSc1ccccc1. The number of thioether (sulfide) groups is 1. The van der Waals surface area contributed by atoms with Gasteiger partial charge >= 0.3 is 0 Å². The molecule has 6 heteroatoms. The van der Waals surface area contributed by atoms with Gasteiger partial charge in [0.1, 0.15) is 0 Å². The van der Waals surface area contributed by atoms with Gasteiger partial charge in [0.15, 0.2) is 5.96 Å². The third-order valence-electron chi connectivity index (χ3n) is 4.96. The van der Waals surface area contributed by atoms with E-state index in [9.17, 15) is 0 Å². The molecule has 1 saturated heterocycles. The summed E-state index contributed by atoms with van der Waals surface area (Å²) in [5, 5.41) is 6.87. The first-order valence-electron chi connectivity index (χ1n) is 10.2. The minimum Gasteiger partial charge on any atom is -0.357 e. The molecule has 0 spiro atoms. The minimum atomic E-state index is 0.507. The summed E-state index contributed by atoms with van der Waals surface area (Å²) in [5.41, 5.74) is 0. The van der Waals surface area contributed by atoms with Crippen LogP contribution in [0.2, 0.25) is 0 Å². The van der Waals surface area contributed by atoms with E-state index in [2.05, 4.69) is 78.6 Å². The number of aliphatic imine (C=N–C) groups is 1. The first-order valence-corrected chi connectivity index (χ1v) is 11.2. The summed E-state index contributed by atoms with van der Waals surface area (Å²) in [5.74, 6) is 2.57. The first-order chi connectivity index (χ1) is 13.1. The highest BCUT2D eigenvalue weighted by Gasteiger charge is 2.24. The zero-order valence-corrected chi connectivity index (χ0v) is 18.3. The lowest BCUT2D eigenvalue weighted by atomic mass is 10.0. The zero-order chi connectivity index (χ0) is 19.5. The van der Waals surface area contributed by atoms with Crippen LogP contribution in [0.4, 0.5) is 0 Å². The molecule has 1 aromatic rings. The van der Waals surface area contributed by atoms with Crippen molar-refractivity contribution in [3.8, 4) is 0 Å². The fourth-order valence-electron chi connectivity index (χ4n) is 3.28. The van der Waals surface area contributed by atoms with Gasteiger partial charge in [0.25, 0.3) is 0 Å². The number of piperazine rings is 1. The monoisotopic (exact) mass is 391 g/mol. The number of guanidine groups is 1. The number of nitrogens with one attached hydrogen (secondary N) is 2. The van der Waals surface area contributed by atoms with E-state index in [1.165, 1.54) is 4.90 Å². The first kappa shape index (κ1) is 22.1. The number of benzene rings is 1. The van der Waals surface area contributed by atoms with Crippen molar-refractivity contribution in [1.29, 1.82) is 0 Å². The van der Waals surface area contributed by atoms with Crippen molar-refractivity contribution in [3.63, 3.8) is 0 Å². The Morgan fingerprint density at radius 2 is 1.81 bits per heavy atom. The highest BCUT2D eigenvalue weighted by atomic mass is 32.2. The van der Waals surface area contributed by atoms with Crippen LogP contribution >= 0.6 is 11.8 Å². The molecule has 27 heavy (non-hydrogen) atoms. The van der Waals surface area contributed by atoms with E-state index >= 15 is 0 Å². The Balaban J connectivity index is 1.82. The molecule has 1 aliphatic rings. The van der Waals surface area contributed by atoms with E-state index in [0.29, 0.717) is 12.0 Å². The third-order valence-corrected chi connectivity index (χ3v) is 5.98. The Morgan fingerprint density at radius 3 is 2.44 bits per heavy atom. The van der Waals surface area contributed by atoms with E-state index in [1.807, 2.05) is 11.8 Å². The van der Waals surface area contributed by atoms with Gasteiger partial charge in [-0.15, -0.1) is 11.8 Å². The Hall–Kier alpha value is -1.24. The van der Waals surface area contributed by atoms with Crippen molar-refractivity contribution < 1.29 is 0 Å². The predicted octanol–water partition coefficient (Wildman–Crippen LogP) is 2.61. The van der Waals surface area contributed by atoms with Crippen LogP contribution in [-0.2, 0) is 0 Å². The molecule has 1 aliphatic heterocycles. The largest absolute Gasteiger partial charge is 0.357 e. The normalized spacial score (nSPS) is 17.9. The molecule has 152 valence electrons. The smallest absolute Gasteiger partial charge is 0.191 e. The molecule has 0 saturated carbocycles. The number of likely N-dealkylation sites (N-methyl/N-ethyl adjacent to an activating group) is 1. The second-order valence-corrected chi connectivity index (χ2v) is 8.63. The summed E-state index contributed by atoms with van der Waals surface area (Å²) in [4.78, 5) is 11.2. The Bertz CT molecular complexity index is 541. The molecule has 0 radical (unpaired) electrons. The number of rotatable bonds is 9. The molecule has 1 heterocycles. The molecule has 5 nitrogen and oxygen atoms in total. The van der Waals surface area contributed by atoms with Crippen molar-refractivity contribution in [2.75, 3.05) is 58.6 Å². The highest BCUT2D eigenvalue weighted by molar-refractivity contribution is 7.99. The predicted molar refractivity (Wildman–Crippen MR) is 119 cm³/mol. The van der Waals surface area contributed by atoms with Crippen LogP contribution in [0.3, 0.4) is 0 Å². The van der Waals surface area contributed by atoms with Crippen LogP contribution in [0.5, 0.6) is 0 Å². The van der Waals surface area contributed by atoms with E-state index in [4.69, 9.17) is 4.99 Å². The van der Waals surface area contributed by atoms with Crippen LogP contribution in [0.1, 0.15) is 20.8 Å². The van der Waals surface area contributed by atoms with Gasteiger partial charge in [-0.25, -0.2) is 0 Å². The minimum absolute atomic E-state index is 0.507. The maximum atomic E-state index is 4.90. The number of hydrogen-bond acceptors (Lipinski definition) is 4. The molecule has 1 aromatic carbocycles. The Labute approximate surface area is 170 Å². The average molecular weight is 392 g/mol. The van der Waals surface area contributed by atoms with E-state index in [-0.39, 0.29) is 0 Å². The molecule has 1 fully saturated rings. The molecular formula is C21H37N5S. The van der Waals surface area contributed by atoms with E-state index < -0.39 is 0 Å². The summed E-state index contributed by atoms with van der Waals surface area (Å²) >= 11 is 1.87.